The Labute approximate surface area is 182 Å². The molecule has 1 aliphatic carbocycles. The summed E-state index contributed by atoms with van der Waals surface area (Å²) in [6, 6.07) is 8.43. The van der Waals surface area contributed by atoms with Gasteiger partial charge in [0.2, 0.25) is 0 Å². The van der Waals surface area contributed by atoms with Crippen molar-refractivity contribution < 1.29 is 19.4 Å². The average molecular weight is 476 g/mol. The van der Waals surface area contributed by atoms with E-state index in [1.54, 1.807) is 30.2 Å². The molecule has 0 spiro atoms. The van der Waals surface area contributed by atoms with E-state index >= 15 is 0 Å². The molecule has 1 atom stereocenters. The van der Waals surface area contributed by atoms with Crippen LogP contribution in [0.5, 0.6) is 5.75 Å². The van der Waals surface area contributed by atoms with E-state index in [2.05, 4.69) is 15.9 Å². The number of aliphatic hydroxyl groups excluding tert-OH is 1. The van der Waals surface area contributed by atoms with Crippen LogP contribution in [0, 0.1) is 0 Å². The number of ketones is 1. The van der Waals surface area contributed by atoms with E-state index < -0.39 is 17.7 Å². The molecule has 1 saturated carbocycles. The maximum absolute atomic E-state index is 13.0. The van der Waals surface area contributed by atoms with E-state index in [1.807, 2.05) is 17.5 Å². The second-order valence-electron chi connectivity index (χ2n) is 7.36. The molecule has 2 aliphatic rings. The number of carbonyl (C=O) groups excluding carboxylic acids is 2. The maximum Gasteiger partial charge on any atom is 0.295 e. The number of methoxy groups -OCH3 is 1. The van der Waals surface area contributed by atoms with Crippen LogP contribution in [0.25, 0.3) is 5.76 Å². The molecule has 152 valence electrons. The minimum absolute atomic E-state index is 0.0280. The zero-order valence-corrected chi connectivity index (χ0v) is 18.5. The van der Waals surface area contributed by atoms with Gasteiger partial charge in [-0.25, -0.2) is 0 Å². The molecule has 1 saturated heterocycles. The Balaban J connectivity index is 1.83. The van der Waals surface area contributed by atoms with E-state index in [0.29, 0.717) is 15.8 Å². The van der Waals surface area contributed by atoms with Crippen molar-refractivity contribution >= 4 is 44.7 Å². The van der Waals surface area contributed by atoms with Gasteiger partial charge in [-0.3, -0.25) is 9.59 Å². The molecule has 29 heavy (non-hydrogen) atoms. The molecule has 4 rings (SSSR count). The number of Topliss-reactive ketones (excluding diaryl/α,β-unsaturated/α-hetero) is 1. The van der Waals surface area contributed by atoms with Gasteiger partial charge in [0.15, 0.2) is 0 Å². The highest BCUT2D eigenvalue weighted by Crippen LogP contribution is 2.44. The summed E-state index contributed by atoms with van der Waals surface area (Å²) in [7, 11) is 1.56. The summed E-state index contributed by atoms with van der Waals surface area (Å²) < 4.78 is 5.91. The van der Waals surface area contributed by atoms with Crippen molar-refractivity contribution in [1.82, 2.24) is 4.90 Å². The topological polar surface area (TPSA) is 66.8 Å². The first kappa shape index (κ1) is 20.2. The molecular formula is C22H22BrNO4S. The summed E-state index contributed by atoms with van der Waals surface area (Å²) in [6.45, 7) is 0. The number of halogens is 1. The lowest BCUT2D eigenvalue weighted by Gasteiger charge is -2.34. The Kier molecular flexibility index (Phi) is 5.79. The molecule has 1 N–H and O–H groups in total. The van der Waals surface area contributed by atoms with Crippen molar-refractivity contribution in [3.63, 3.8) is 0 Å². The fourth-order valence-electron chi connectivity index (χ4n) is 4.28. The van der Waals surface area contributed by atoms with Crippen LogP contribution in [-0.4, -0.2) is 34.8 Å². The zero-order chi connectivity index (χ0) is 20.5. The number of rotatable bonds is 4. The molecule has 0 bridgehead atoms. The number of likely N-dealkylation sites (tertiary alicyclic amines) is 1. The molecule has 1 aliphatic heterocycles. The maximum atomic E-state index is 13.0. The van der Waals surface area contributed by atoms with Crippen molar-refractivity contribution in [3.05, 3.63) is 56.2 Å². The van der Waals surface area contributed by atoms with Crippen LogP contribution in [0.4, 0.5) is 0 Å². The predicted octanol–water partition coefficient (Wildman–Crippen LogP) is 5.27. The molecule has 2 fully saturated rings. The first-order valence-electron chi connectivity index (χ1n) is 9.70. The highest BCUT2D eigenvalue weighted by molar-refractivity contribution is 9.10. The third kappa shape index (κ3) is 3.62. The summed E-state index contributed by atoms with van der Waals surface area (Å²) in [5.41, 5.74) is 0.640. The smallest absolute Gasteiger partial charge is 0.295 e. The fourth-order valence-corrected chi connectivity index (χ4v) is 5.65. The van der Waals surface area contributed by atoms with E-state index in [4.69, 9.17) is 4.74 Å². The lowest BCUT2D eigenvalue weighted by molar-refractivity contribution is -0.141. The molecule has 1 aromatic carbocycles. The molecule has 1 amide bonds. The number of thiophene rings is 1. The van der Waals surface area contributed by atoms with Crippen LogP contribution in [0.2, 0.25) is 0 Å². The van der Waals surface area contributed by atoms with Crippen molar-refractivity contribution in [2.75, 3.05) is 7.11 Å². The Morgan fingerprint density at radius 1 is 1.21 bits per heavy atom. The van der Waals surface area contributed by atoms with Gasteiger partial charge in [-0.15, -0.1) is 11.3 Å². The van der Waals surface area contributed by atoms with Gasteiger partial charge < -0.3 is 14.7 Å². The van der Waals surface area contributed by atoms with E-state index in [0.717, 1.165) is 37.0 Å². The largest absolute Gasteiger partial charge is 0.507 e. The Morgan fingerprint density at radius 2 is 1.97 bits per heavy atom. The summed E-state index contributed by atoms with van der Waals surface area (Å²) in [6.07, 6.45) is 5.04. The second kappa shape index (κ2) is 8.32. The van der Waals surface area contributed by atoms with E-state index in [1.165, 1.54) is 11.3 Å². The van der Waals surface area contributed by atoms with Gasteiger partial charge >= 0.3 is 0 Å². The highest BCUT2D eigenvalue weighted by Gasteiger charge is 2.49. The van der Waals surface area contributed by atoms with Crippen molar-refractivity contribution in [3.8, 4) is 5.75 Å². The van der Waals surface area contributed by atoms with Crippen LogP contribution in [-0.2, 0) is 9.59 Å². The molecule has 0 radical (unpaired) electrons. The number of hydrogen-bond acceptors (Lipinski definition) is 5. The van der Waals surface area contributed by atoms with Gasteiger partial charge in [-0.05, 0) is 58.4 Å². The molecule has 1 unspecified atom stereocenters. The standard InChI is InChI=1S/C22H22BrNO4S/c1-28-16-10-9-13(12-15(16)23)20(25)18-19(17-8-5-11-29-17)24(22(27)21(18)26)14-6-3-2-4-7-14/h5,8-12,14,19,25H,2-4,6-7H2,1H3/b20-18-. The van der Waals surface area contributed by atoms with Gasteiger partial charge in [0.1, 0.15) is 11.5 Å². The van der Waals surface area contributed by atoms with Crippen LogP contribution >= 0.6 is 27.3 Å². The Bertz CT molecular complexity index is 963. The Hall–Kier alpha value is -2.12. The first-order chi connectivity index (χ1) is 14.0. The minimum atomic E-state index is -0.613. The number of ether oxygens (including phenoxy) is 1. The van der Waals surface area contributed by atoms with Crippen LogP contribution in [0.1, 0.15) is 48.6 Å². The summed E-state index contributed by atoms with van der Waals surface area (Å²) in [5, 5.41) is 13.0. The summed E-state index contributed by atoms with van der Waals surface area (Å²) in [4.78, 5) is 28.7. The first-order valence-corrected chi connectivity index (χ1v) is 11.4. The zero-order valence-electron chi connectivity index (χ0n) is 16.1. The third-order valence-electron chi connectivity index (χ3n) is 5.69. The number of aliphatic hydroxyl groups is 1. The lowest BCUT2D eigenvalue weighted by Crippen LogP contribution is -2.40. The number of carbonyl (C=O) groups is 2. The number of benzene rings is 1. The quantitative estimate of drug-likeness (QED) is 0.371. The van der Waals surface area contributed by atoms with Gasteiger partial charge in [0.25, 0.3) is 11.7 Å². The number of nitrogens with zero attached hydrogens (tertiary/aromatic N) is 1. The minimum Gasteiger partial charge on any atom is -0.507 e. The summed E-state index contributed by atoms with van der Waals surface area (Å²) in [5.74, 6) is -0.648. The monoisotopic (exact) mass is 475 g/mol. The van der Waals surface area contributed by atoms with Gasteiger partial charge in [0, 0.05) is 16.5 Å². The normalized spacial score (nSPS) is 22.3. The molecule has 2 aromatic rings. The Morgan fingerprint density at radius 3 is 2.59 bits per heavy atom. The summed E-state index contributed by atoms with van der Waals surface area (Å²) >= 11 is 4.92. The predicted molar refractivity (Wildman–Crippen MR) is 116 cm³/mol. The molecule has 5 nitrogen and oxygen atoms in total. The molecule has 1 aromatic heterocycles. The van der Waals surface area contributed by atoms with E-state index in [-0.39, 0.29) is 17.4 Å². The number of hydrogen-bond donors (Lipinski definition) is 1. The van der Waals surface area contributed by atoms with Gasteiger partial charge in [0.05, 0.1) is 23.2 Å². The van der Waals surface area contributed by atoms with Crippen LogP contribution < -0.4 is 4.74 Å². The number of amides is 1. The molecular weight excluding hydrogens is 454 g/mol. The molecule has 2 heterocycles. The van der Waals surface area contributed by atoms with E-state index in [9.17, 15) is 14.7 Å². The highest BCUT2D eigenvalue weighted by atomic mass is 79.9. The van der Waals surface area contributed by atoms with Crippen LogP contribution in [0.15, 0.2) is 45.8 Å². The van der Waals surface area contributed by atoms with Gasteiger partial charge in [-0.2, -0.15) is 0 Å². The molecule has 7 heteroatoms. The van der Waals surface area contributed by atoms with Crippen LogP contribution in [0.3, 0.4) is 0 Å². The third-order valence-corrected chi connectivity index (χ3v) is 7.23. The van der Waals surface area contributed by atoms with Crippen molar-refractivity contribution in [1.29, 1.82) is 0 Å². The fraction of sp³-hybridized carbons (Fsp3) is 0.364. The average Bonchev–Trinajstić information content (AvgIpc) is 3.35. The van der Waals surface area contributed by atoms with Crippen molar-refractivity contribution in [2.24, 2.45) is 0 Å². The SMILES string of the molecule is COc1ccc(/C(O)=C2/C(=O)C(=O)N(C3CCCCC3)C2c2cccs2)cc1Br. The van der Waals surface area contributed by atoms with Gasteiger partial charge in [-0.1, -0.05) is 25.3 Å². The lowest BCUT2D eigenvalue weighted by atomic mass is 9.93. The second-order valence-corrected chi connectivity index (χ2v) is 9.20. The van der Waals surface area contributed by atoms with Crippen molar-refractivity contribution in [2.45, 2.75) is 44.2 Å².